The van der Waals surface area contributed by atoms with Gasteiger partial charge in [0.25, 0.3) is 0 Å². The van der Waals surface area contributed by atoms with Gasteiger partial charge in [0.1, 0.15) is 0 Å². The number of thiophene rings is 1. The maximum Gasteiger partial charge on any atom is 0.160 e. The summed E-state index contributed by atoms with van der Waals surface area (Å²) in [5, 5.41) is 4.96. The fourth-order valence-corrected chi connectivity index (χ4v) is 4.90. The number of nitrogens with zero attached hydrogens (tertiary/aromatic N) is 2. The van der Waals surface area contributed by atoms with Crippen molar-refractivity contribution in [2.24, 2.45) is 0 Å². The van der Waals surface area contributed by atoms with E-state index in [2.05, 4.69) is 88.5 Å². The van der Waals surface area contributed by atoms with Gasteiger partial charge in [-0.1, -0.05) is 48.0 Å². The molecule has 0 saturated carbocycles. The Bertz CT molecular complexity index is 1280. The molecule has 2 aromatic carbocycles. The maximum atomic E-state index is 4.67. The number of nitrogens with one attached hydrogen (secondary N) is 1. The molecule has 0 aliphatic carbocycles. The second kappa shape index (κ2) is 6.80. The molecule has 0 spiro atoms. The van der Waals surface area contributed by atoms with Crippen molar-refractivity contribution in [3.63, 3.8) is 0 Å². The highest BCUT2D eigenvalue weighted by atomic mass is 32.1. The predicted octanol–water partition coefficient (Wildman–Crippen LogP) is 6.44. The van der Waals surface area contributed by atoms with Crippen molar-refractivity contribution in [1.29, 1.82) is 0 Å². The summed E-state index contributed by atoms with van der Waals surface area (Å²) < 4.78 is 3.40. The van der Waals surface area contributed by atoms with E-state index in [1.165, 1.54) is 31.7 Å². The number of aromatic nitrogens is 2. The topological polar surface area (TPSA) is 29.3 Å². The van der Waals surface area contributed by atoms with E-state index >= 15 is 0 Å². The second-order valence-corrected chi connectivity index (χ2v) is 8.21. The van der Waals surface area contributed by atoms with Crippen LogP contribution in [0.3, 0.4) is 0 Å². The quantitative estimate of drug-likeness (QED) is 0.387. The number of anilines is 1. The van der Waals surface area contributed by atoms with Crippen LogP contribution in [-0.2, 0) is 6.54 Å². The summed E-state index contributed by atoms with van der Waals surface area (Å²) in [7, 11) is 0. The lowest BCUT2D eigenvalue weighted by molar-refractivity contribution is 1.14. The van der Waals surface area contributed by atoms with Gasteiger partial charge in [-0.2, -0.15) is 0 Å². The predicted molar refractivity (Wildman–Crippen MR) is 119 cm³/mol. The SMILES string of the molecule is Cc1ccc(-c2sc3ccccc3c2CNc2cccn3cc(C)nc23)cc1. The smallest absolute Gasteiger partial charge is 0.160 e. The minimum Gasteiger partial charge on any atom is -0.378 e. The maximum absolute atomic E-state index is 4.67. The number of hydrogen-bond acceptors (Lipinski definition) is 3. The van der Waals surface area contributed by atoms with Crippen LogP contribution >= 0.6 is 11.3 Å². The normalized spacial score (nSPS) is 11.4. The zero-order valence-electron chi connectivity index (χ0n) is 15.9. The standard InChI is InChI=1S/C24H21N3S/c1-16-9-11-18(12-10-16)23-20(19-6-3-4-8-22(19)28-23)14-25-21-7-5-13-27-15-17(2)26-24(21)27/h3-13,15,25H,14H2,1-2H3. The van der Waals surface area contributed by atoms with Crippen LogP contribution in [0.15, 0.2) is 73.1 Å². The molecule has 0 unspecified atom stereocenters. The molecule has 3 heterocycles. The number of hydrogen-bond donors (Lipinski definition) is 1. The van der Waals surface area contributed by atoms with Crippen molar-refractivity contribution in [2.45, 2.75) is 20.4 Å². The number of benzene rings is 2. The van der Waals surface area contributed by atoms with E-state index in [4.69, 9.17) is 0 Å². The molecule has 28 heavy (non-hydrogen) atoms. The lowest BCUT2D eigenvalue weighted by atomic mass is 10.0. The second-order valence-electron chi connectivity index (χ2n) is 7.16. The summed E-state index contributed by atoms with van der Waals surface area (Å²) >= 11 is 1.86. The summed E-state index contributed by atoms with van der Waals surface area (Å²) in [5.74, 6) is 0. The van der Waals surface area contributed by atoms with E-state index in [9.17, 15) is 0 Å². The average molecular weight is 384 g/mol. The van der Waals surface area contributed by atoms with Gasteiger partial charge in [0.15, 0.2) is 5.65 Å². The Hall–Kier alpha value is -3.11. The molecule has 0 aliphatic rings. The molecule has 5 rings (SSSR count). The summed E-state index contributed by atoms with van der Waals surface area (Å²) in [6.07, 6.45) is 4.09. The Labute approximate surface area is 168 Å². The highest BCUT2D eigenvalue weighted by molar-refractivity contribution is 7.22. The Balaban J connectivity index is 1.57. The molecule has 0 saturated heterocycles. The first-order valence-corrected chi connectivity index (χ1v) is 10.3. The third-order valence-electron chi connectivity index (χ3n) is 5.07. The third kappa shape index (κ3) is 2.96. The van der Waals surface area contributed by atoms with Crippen molar-refractivity contribution >= 4 is 32.8 Å². The van der Waals surface area contributed by atoms with Gasteiger partial charge in [-0.15, -0.1) is 11.3 Å². The van der Waals surface area contributed by atoms with Crippen LogP contribution in [0.5, 0.6) is 0 Å². The largest absolute Gasteiger partial charge is 0.378 e. The molecular weight excluding hydrogens is 362 g/mol. The van der Waals surface area contributed by atoms with Gasteiger partial charge in [-0.25, -0.2) is 4.98 Å². The van der Waals surface area contributed by atoms with Gasteiger partial charge < -0.3 is 9.72 Å². The molecule has 0 aliphatic heterocycles. The van der Waals surface area contributed by atoms with E-state index in [0.29, 0.717) is 0 Å². The molecule has 0 bridgehead atoms. The van der Waals surface area contributed by atoms with E-state index in [1.54, 1.807) is 0 Å². The fourth-order valence-electron chi connectivity index (χ4n) is 3.67. The van der Waals surface area contributed by atoms with Crippen molar-refractivity contribution in [2.75, 3.05) is 5.32 Å². The summed E-state index contributed by atoms with van der Waals surface area (Å²) in [6.45, 7) is 4.92. The van der Waals surface area contributed by atoms with Crippen LogP contribution in [-0.4, -0.2) is 9.38 Å². The van der Waals surface area contributed by atoms with Crippen molar-refractivity contribution < 1.29 is 0 Å². The Kier molecular flexibility index (Phi) is 4.14. The van der Waals surface area contributed by atoms with E-state index in [1.807, 2.05) is 24.5 Å². The van der Waals surface area contributed by atoms with Crippen molar-refractivity contribution in [3.05, 3.63) is 89.9 Å². The average Bonchev–Trinajstić information content (AvgIpc) is 3.27. The van der Waals surface area contributed by atoms with Gasteiger partial charge in [-0.05, 0) is 48.6 Å². The number of rotatable bonds is 4. The van der Waals surface area contributed by atoms with Crippen LogP contribution in [0, 0.1) is 13.8 Å². The molecule has 3 nitrogen and oxygen atoms in total. The van der Waals surface area contributed by atoms with Crippen LogP contribution in [0.4, 0.5) is 5.69 Å². The summed E-state index contributed by atoms with van der Waals surface area (Å²) in [6, 6.07) is 21.6. The highest BCUT2D eigenvalue weighted by Gasteiger charge is 2.14. The van der Waals surface area contributed by atoms with E-state index in [-0.39, 0.29) is 0 Å². The molecule has 138 valence electrons. The minimum atomic E-state index is 0.763. The van der Waals surface area contributed by atoms with E-state index < -0.39 is 0 Å². The monoisotopic (exact) mass is 383 g/mol. The lowest BCUT2D eigenvalue weighted by Crippen LogP contribution is -2.02. The molecule has 1 N–H and O–H groups in total. The fraction of sp³-hybridized carbons (Fsp3) is 0.125. The van der Waals surface area contributed by atoms with Crippen LogP contribution in [0.2, 0.25) is 0 Å². The minimum absolute atomic E-state index is 0.763. The first-order chi connectivity index (χ1) is 13.7. The Morgan fingerprint density at radius 2 is 1.79 bits per heavy atom. The lowest BCUT2D eigenvalue weighted by Gasteiger charge is -2.10. The summed E-state index contributed by atoms with van der Waals surface area (Å²) in [4.78, 5) is 6.00. The third-order valence-corrected chi connectivity index (χ3v) is 6.33. The first-order valence-electron chi connectivity index (χ1n) is 9.45. The van der Waals surface area contributed by atoms with Crippen molar-refractivity contribution in [1.82, 2.24) is 9.38 Å². The highest BCUT2D eigenvalue weighted by Crippen LogP contribution is 2.39. The first kappa shape index (κ1) is 17.0. The zero-order chi connectivity index (χ0) is 19.1. The molecule has 0 radical (unpaired) electrons. The van der Waals surface area contributed by atoms with Crippen molar-refractivity contribution in [3.8, 4) is 10.4 Å². The molecule has 0 fully saturated rings. The van der Waals surface area contributed by atoms with Crippen LogP contribution in [0.1, 0.15) is 16.8 Å². The Morgan fingerprint density at radius 1 is 0.964 bits per heavy atom. The van der Waals surface area contributed by atoms with Crippen LogP contribution < -0.4 is 5.32 Å². The van der Waals surface area contributed by atoms with Gasteiger partial charge in [0, 0.05) is 28.5 Å². The number of fused-ring (bicyclic) bond motifs is 2. The van der Waals surface area contributed by atoms with Gasteiger partial charge in [-0.3, -0.25) is 0 Å². The molecular formula is C24H21N3S. The molecule has 0 amide bonds. The number of aryl methyl sites for hydroxylation is 2. The van der Waals surface area contributed by atoms with E-state index in [0.717, 1.165) is 23.6 Å². The number of pyridine rings is 1. The van der Waals surface area contributed by atoms with Gasteiger partial charge in [0.05, 0.1) is 11.4 Å². The van der Waals surface area contributed by atoms with Gasteiger partial charge >= 0.3 is 0 Å². The Morgan fingerprint density at radius 3 is 2.64 bits per heavy atom. The van der Waals surface area contributed by atoms with Crippen LogP contribution in [0.25, 0.3) is 26.2 Å². The number of imidazole rings is 1. The summed E-state index contributed by atoms with van der Waals surface area (Å²) in [5.41, 5.74) is 6.95. The molecule has 0 atom stereocenters. The molecule has 5 aromatic rings. The molecule has 3 aromatic heterocycles. The molecule has 4 heteroatoms. The van der Waals surface area contributed by atoms with Gasteiger partial charge in [0.2, 0.25) is 0 Å². The zero-order valence-corrected chi connectivity index (χ0v) is 16.8.